The molecule has 1 atom stereocenters. The number of rotatable bonds is 2. The van der Waals surface area contributed by atoms with Gasteiger partial charge < -0.3 is 10.2 Å². The first-order valence-corrected chi connectivity index (χ1v) is 6.19. The Bertz CT molecular complexity index is 354. The molecular formula is C14H22N2. The Balaban J connectivity index is 2.15. The van der Waals surface area contributed by atoms with Gasteiger partial charge in [0.2, 0.25) is 0 Å². The molecule has 0 aromatic heterocycles. The fourth-order valence-electron chi connectivity index (χ4n) is 2.56. The summed E-state index contributed by atoms with van der Waals surface area (Å²) in [5, 5.41) is 3.47. The van der Waals surface area contributed by atoms with Crippen molar-refractivity contribution >= 4 is 5.69 Å². The molecule has 1 saturated heterocycles. The van der Waals surface area contributed by atoms with Crippen LogP contribution in [0.15, 0.2) is 18.2 Å². The number of anilines is 1. The molecule has 88 valence electrons. The number of piperidine rings is 1. The second-order valence-corrected chi connectivity index (χ2v) is 4.90. The van der Waals surface area contributed by atoms with Crippen LogP contribution < -0.4 is 10.2 Å². The van der Waals surface area contributed by atoms with Crippen LogP contribution in [0.3, 0.4) is 0 Å². The van der Waals surface area contributed by atoms with E-state index < -0.39 is 0 Å². The predicted octanol–water partition coefficient (Wildman–Crippen LogP) is 2.49. The topological polar surface area (TPSA) is 15.3 Å². The molecule has 1 heterocycles. The smallest absolute Gasteiger partial charge is 0.0411 e. The number of benzene rings is 1. The van der Waals surface area contributed by atoms with E-state index >= 15 is 0 Å². The fourth-order valence-corrected chi connectivity index (χ4v) is 2.56. The molecule has 0 bridgehead atoms. The maximum atomic E-state index is 3.47. The number of nitrogens with zero attached hydrogens (tertiary/aromatic N) is 1. The Kier molecular flexibility index (Phi) is 3.49. The molecule has 0 aliphatic carbocycles. The quantitative estimate of drug-likeness (QED) is 0.820. The average molecular weight is 218 g/mol. The Morgan fingerprint density at radius 1 is 1.31 bits per heavy atom. The minimum absolute atomic E-state index is 0.648. The van der Waals surface area contributed by atoms with Gasteiger partial charge in [-0.3, -0.25) is 0 Å². The van der Waals surface area contributed by atoms with Crippen molar-refractivity contribution in [2.75, 3.05) is 25.0 Å². The zero-order valence-electron chi connectivity index (χ0n) is 10.6. The number of hydrogen-bond donors (Lipinski definition) is 1. The maximum Gasteiger partial charge on any atom is 0.0411 e. The molecule has 1 aliphatic rings. The summed E-state index contributed by atoms with van der Waals surface area (Å²) in [5.74, 6) is 0. The summed E-state index contributed by atoms with van der Waals surface area (Å²) < 4.78 is 0. The lowest BCUT2D eigenvalue weighted by atomic mass is 10.0. The summed E-state index contributed by atoms with van der Waals surface area (Å²) in [4.78, 5) is 2.43. The highest BCUT2D eigenvalue weighted by molar-refractivity contribution is 5.54. The fraction of sp³-hybridized carbons (Fsp3) is 0.571. The van der Waals surface area contributed by atoms with Gasteiger partial charge in [0.25, 0.3) is 0 Å². The third kappa shape index (κ3) is 2.38. The SMILES string of the molecule is Cc1ccc(N(C)C2CCCNC2)c(C)c1. The first kappa shape index (κ1) is 11.5. The van der Waals surface area contributed by atoms with Gasteiger partial charge in [-0.05, 0) is 44.9 Å². The van der Waals surface area contributed by atoms with E-state index in [1.807, 2.05) is 0 Å². The lowest BCUT2D eigenvalue weighted by Gasteiger charge is -2.34. The van der Waals surface area contributed by atoms with E-state index in [1.54, 1.807) is 0 Å². The van der Waals surface area contributed by atoms with Crippen LogP contribution in [0.2, 0.25) is 0 Å². The molecule has 1 aliphatic heterocycles. The van der Waals surface area contributed by atoms with Gasteiger partial charge in [-0.1, -0.05) is 17.7 Å². The van der Waals surface area contributed by atoms with Crippen LogP contribution in [-0.2, 0) is 0 Å². The van der Waals surface area contributed by atoms with E-state index in [2.05, 4.69) is 49.3 Å². The highest BCUT2D eigenvalue weighted by Crippen LogP contribution is 2.23. The van der Waals surface area contributed by atoms with Crippen molar-refractivity contribution in [3.63, 3.8) is 0 Å². The van der Waals surface area contributed by atoms with Crippen LogP contribution in [0.5, 0.6) is 0 Å². The molecule has 1 N–H and O–H groups in total. The molecular weight excluding hydrogens is 196 g/mol. The Hall–Kier alpha value is -1.02. The van der Waals surface area contributed by atoms with Gasteiger partial charge in [0.15, 0.2) is 0 Å². The minimum atomic E-state index is 0.648. The first-order valence-electron chi connectivity index (χ1n) is 6.19. The summed E-state index contributed by atoms with van der Waals surface area (Å²) in [7, 11) is 2.22. The van der Waals surface area contributed by atoms with Crippen molar-refractivity contribution in [1.29, 1.82) is 0 Å². The van der Waals surface area contributed by atoms with Crippen molar-refractivity contribution in [3.8, 4) is 0 Å². The second kappa shape index (κ2) is 4.88. The number of hydrogen-bond acceptors (Lipinski definition) is 2. The first-order chi connectivity index (χ1) is 7.68. The van der Waals surface area contributed by atoms with Crippen molar-refractivity contribution in [2.24, 2.45) is 0 Å². The lowest BCUT2D eigenvalue weighted by Crippen LogP contribution is -2.44. The zero-order valence-corrected chi connectivity index (χ0v) is 10.6. The highest BCUT2D eigenvalue weighted by atomic mass is 15.2. The summed E-state index contributed by atoms with van der Waals surface area (Å²) >= 11 is 0. The number of aryl methyl sites for hydroxylation is 2. The molecule has 1 unspecified atom stereocenters. The molecule has 1 aromatic rings. The highest BCUT2D eigenvalue weighted by Gasteiger charge is 2.18. The Morgan fingerprint density at radius 3 is 2.75 bits per heavy atom. The molecule has 0 saturated carbocycles. The number of likely N-dealkylation sites (N-methyl/N-ethyl adjacent to an activating group) is 1. The maximum absolute atomic E-state index is 3.47. The molecule has 16 heavy (non-hydrogen) atoms. The minimum Gasteiger partial charge on any atom is -0.370 e. The molecule has 0 radical (unpaired) electrons. The van der Waals surface area contributed by atoms with Crippen LogP contribution in [0.4, 0.5) is 5.69 Å². The van der Waals surface area contributed by atoms with Gasteiger partial charge in [0.05, 0.1) is 0 Å². The van der Waals surface area contributed by atoms with Crippen LogP contribution in [0.1, 0.15) is 24.0 Å². The molecule has 2 rings (SSSR count). The molecule has 1 aromatic carbocycles. The van der Waals surface area contributed by atoms with Crippen molar-refractivity contribution < 1.29 is 0 Å². The van der Waals surface area contributed by atoms with Gasteiger partial charge in [-0.15, -0.1) is 0 Å². The molecule has 0 amide bonds. The lowest BCUT2D eigenvalue weighted by molar-refractivity contribution is 0.444. The molecule has 0 spiro atoms. The van der Waals surface area contributed by atoms with Gasteiger partial charge in [-0.2, -0.15) is 0 Å². The monoisotopic (exact) mass is 218 g/mol. The second-order valence-electron chi connectivity index (χ2n) is 4.90. The summed E-state index contributed by atoms with van der Waals surface area (Å²) in [6.45, 7) is 6.65. The summed E-state index contributed by atoms with van der Waals surface area (Å²) in [5.41, 5.74) is 4.10. The van der Waals surface area contributed by atoms with E-state index in [1.165, 1.54) is 36.2 Å². The van der Waals surface area contributed by atoms with Crippen molar-refractivity contribution in [2.45, 2.75) is 32.7 Å². The van der Waals surface area contributed by atoms with Gasteiger partial charge >= 0.3 is 0 Å². The molecule has 2 heteroatoms. The van der Waals surface area contributed by atoms with Gasteiger partial charge in [0.1, 0.15) is 0 Å². The molecule has 1 fully saturated rings. The van der Waals surface area contributed by atoms with Crippen LogP contribution in [0, 0.1) is 13.8 Å². The third-order valence-corrected chi connectivity index (χ3v) is 3.55. The summed E-state index contributed by atoms with van der Waals surface area (Å²) in [6.07, 6.45) is 2.59. The van der Waals surface area contributed by atoms with Crippen LogP contribution in [0.25, 0.3) is 0 Å². The van der Waals surface area contributed by atoms with Crippen molar-refractivity contribution in [1.82, 2.24) is 5.32 Å². The third-order valence-electron chi connectivity index (χ3n) is 3.55. The normalized spacial score (nSPS) is 20.8. The van der Waals surface area contributed by atoms with Gasteiger partial charge in [0, 0.05) is 25.3 Å². The zero-order chi connectivity index (χ0) is 11.5. The van der Waals surface area contributed by atoms with E-state index in [0.29, 0.717) is 6.04 Å². The van der Waals surface area contributed by atoms with Crippen LogP contribution >= 0.6 is 0 Å². The van der Waals surface area contributed by atoms with E-state index in [4.69, 9.17) is 0 Å². The summed E-state index contributed by atoms with van der Waals surface area (Å²) in [6, 6.07) is 7.37. The molecule has 2 nitrogen and oxygen atoms in total. The van der Waals surface area contributed by atoms with Crippen LogP contribution in [-0.4, -0.2) is 26.2 Å². The largest absolute Gasteiger partial charge is 0.370 e. The van der Waals surface area contributed by atoms with Gasteiger partial charge in [-0.25, -0.2) is 0 Å². The van der Waals surface area contributed by atoms with E-state index in [0.717, 1.165) is 6.54 Å². The Labute approximate surface area is 98.7 Å². The van der Waals surface area contributed by atoms with E-state index in [-0.39, 0.29) is 0 Å². The van der Waals surface area contributed by atoms with E-state index in [9.17, 15) is 0 Å². The Morgan fingerprint density at radius 2 is 2.12 bits per heavy atom. The number of nitrogens with one attached hydrogen (secondary N) is 1. The average Bonchev–Trinajstić information content (AvgIpc) is 2.29. The van der Waals surface area contributed by atoms with Crippen molar-refractivity contribution in [3.05, 3.63) is 29.3 Å². The predicted molar refractivity (Wildman–Crippen MR) is 70.2 cm³/mol. The standard InChI is InChI=1S/C14H22N2/c1-11-6-7-14(12(2)9-11)16(3)13-5-4-8-15-10-13/h6-7,9,13,15H,4-5,8,10H2,1-3H3.